The van der Waals surface area contributed by atoms with Crippen molar-refractivity contribution in [2.24, 2.45) is 17.8 Å². The van der Waals surface area contributed by atoms with Gasteiger partial charge in [0.1, 0.15) is 24.2 Å². The summed E-state index contributed by atoms with van der Waals surface area (Å²) in [5.74, 6) is -2.13. The van der Waals surface area contributed by atoms with Gasteiger partial charge in [0.2, 0.25) is 17.7 Å². The number of ether oxygens (including phenoxy) is 1. The maximum absolute atomic E-state index is 13.0. The van der Waals surface area contributed by atoms with Gasteiger partial charge in [0.15, 0.2) is 0 Å². The van der Waals surface area contributed by atoms with E-state index < -0.39 is 42.0 Å². The summed E-state index contributed by atoms with van der Waals surface area (Å²) in [7, 11) is 0. The number of carbonyl (C=O) groups excluding carboxylic acids is 4. The number of hydrogen-bond acceptors (Lipinski definition) is 5. The summed E-state index contributed by atoms with van der Waals surface area (Å²) in [6, 6.07) is -2.48. The van der Waals surface area contributed by atoms with Crippen molar-refractivity contribution in [2.75, 3.05) is 0 Å². The first-order chi connectivity index (χ1) is 14.5. The zero-order valence-corrected chi connectivity index (χ0v) is 20.1. The number of hydrogen-bond donors (Lipinski definition) is 3. The van der Waals surface area contributed by atoms with Crippen molar-refractivity contribution in [1.82, 2.24) is 16.0 Å². The van der Waals surface area contributed by atoms with E-state index in [-0.39, 0.29) is 30.1 Å². The Morgan fingerprint density at radius 1 is 0.903 bits per heavy atom. The van der Waals surface area contributed by atoms with E-state index in [0.29, 0.717) is 6.42 Å². The van der Waals surface area contributed by atoms with Crippen molar-refractivity contribution in [2.45, 2.75) is 105 Å². The normalized spacial score (nSPS) is 28.3. The standard InChI is InChI=1S/C23H41N3O5/c1-8-10-11-15(6)17-12-18(27)25-19(13(3)4)22(29)24-16(7)21(28)26-20(14(5)9-2)23(30)31-17/h13-17,19-20H,8-12H2,1-7H3,(H,24,29)(H,25,27)(H,26,28)/t14-,15?,16-,17?,19-,20?/m0/s1. The lowest BCUT2D eigenvalue weighted by atomic mass is 9.94. The molecule has 178 valence electrons. The molecule has 0 aliphatic carbocycles. The second-order valence-corrected chi connectivity index (χ2v) is 9.19. The second kappa shape index (κ2) is 12.7. The predicted octanol–water partition coefficient (Wildman–Crippen LogP) is 2.30. The molecule has 1 fully saturated rings. The first-order valence-corrected chi connectivity index (χ1v) is 11.6. The van der Waals surface area contributed by atoms with Gasteiger partial charge in [-0.25, -0.2) is 4.79 Å². The molecule has 0 saturated carbocycles. The average molecular weight is 440 g/mol. The van der Waals surface area contributed by atoms with Crippen LogP contribution in [0.1, 0.15) is 80.6 Å². The Labute approximate surface area is 186 Å². The monoisotopic (exact) mass is 439 g/mol. The van der Waals surface area contributed by atoms with Crippen LogP contribution in [0.3, 0.4) is 0 Å². The topological polar surface area (TPSA) is 114 Å². The molecule has 31 heavy (non-hydrogen) atoms. The number of carbonyl (C=O) groups is 4. The molecule has 1 saturated heterocycles. The number of rotatable bonds is 7. The van der Waals surface area contributed by atoms with Gasteiger partial charge in [-0.3, -0.25) is 14.4 Å². The quantitative estimate of drug-likeness (QED) is 0.527. The van der Waals surface area contributed by atoms with Crippen LogP contribution in [0.25, 0.3) is 0 Å². The van der Waals surface area contributed by atoms with Crippen molar-refractivity contribution >= 4 is 23.7 Å². The SMILES string of the molecule is CCCCC(C)C1CC(=O)N[C@@H](C(C)C)C(=O)N[C@@H](C)C(=O)NC([C@@H](C)CC)C(=O)O1. The lowest BCUT2D eigenvalue weighted by Gasteiger charge is -2.29. The summed E-state index contributed by atoms with van der Waals surface area (Å²) in [6.07, 6.45) is 2.77. The van der Waals surface area contributed by atoms with Crippen LogP contribution in [0.4, 0.5) is 0 Å². The molecule has 8 heteroatoms. The van der Waals surface area contributed by atoms with Crippen LogP contribution in [0, 0.1) is 17.8 Å². The van der Waals surface area contributed by atoms with E-state index in [2.05, 4.69) is 22.9 Å². The fraction of sp³-hybridized carbons (Fsp3) is 0.826. The summed E-state index contributed by atoms with van der Waals surface area (Å²) in [6.45, 7) is 13.0. The maximum Gasteiger partial charge on any atom is 0.329 e. The molecule has 0 aromatic carbocycles. The van der Waals surface area contributed by atoms with Gasteiger partial charge in [-0.2, -0.15) is 0 Å². The highest BCUT2D eigenvalue weighted by Crippen LogP contribution is 2.21. The molecule has 3 N–H and O–H groups in total. The zero-order chi connectivity index (χ0) is 23.7. The van der Waals surface area contributed by atoms with Gasteiger partial charge in [0.05, 0.1) is 6.42 Å². The number of unbranched alkanes of at least 4 members (excludes halogenated alkanes) is 1. The molecule has 3 unspecified atom stereocenters. The van der Waals surface area contributed by atoms with Gasteiger partial charge in [-0.15, -0.1) is 0 Å². The molecular weight excluding hydrogens is 398 g/mol. The summed E-state index contributed by atoms with van der Waals surface area (Å²) < 4.78 is 5.82. The van der Waals surface area contributed by atoms with Crippen LogP contribution in [-0.4, -0.2) is 47.9 Å². The van der Waals surface area contributed by atoms with Crippen molar-refractivity contribution in [3.8, 4) is 0 Å². The summed E-state index contributed by atoms with van der Waals surface area (Å²) in [5, 5.41) is 8.17. The van der Waals surface area contributed by atoms with Gasteiger partial charge in [0.25, 0.3) is 0 Å². The molecule has 1 aliphatic rings. The number of nitrogens with one attached hydrogen (secondary N) is 3. The molecule has 0 aromatic heterocycles. The van der Waals surface area contributed by atoms with Crippen LogP contribution in [0.2, 0.25) is 0 Å². The molecule has 8 nitrogen and oxygen atoms in total. The minimum absolute atomic E-state index is 0.0240. The lowest BCUT2D eigenvalue weighted by Crippen LogP contribution is -2.56. The average Bonchev–Trinajstić information content (AvgIpc) is 2.71. The molecule has 0 spiro atoms. The minimum Gasteiger partial charge on any atom is -0.460 e. The Hall–Kier alpha value is -2.12. The van der Waals surface area contributed by atoms with Crippen LogP contribution in [-0.2, 0) is 23.9 Å². The molecule has 1 aliphatic heterocycles. The Morgan fingerprint density at radius 3 is 2.10 bits per heavy atom. The van der Waals surface area contributed by atoms with Crippen LogP contribution in [0.5, 0.6) is 0 Å². The van der Waals surface area contributed by atoms with Gasteiger partial charge < -0.3 is 20.7 Å². The van der Waals surface area contributed by atoms with E-state index in [1.807, 2.05) is 34.6 Å². The summed E-state index contributed by atoms with van der Waals surface area (Å²) in [5.41, 5.74) is 0. The van der Waals surface area contributed by atoms with Crippen LogP contribution in [0.15, 0.2) is 0 Å². The van der Waals surface area contributed by atoms with E-state index in [9.17, 15) is 19.2 Å². The van der Waals surface area contributed by atoms with Crippen molar-refractivity contribution in [3.63, 3.8) is 0 Å². The van der Waals surface area contributed by atoms with Crippen molar-refractivity contribution < 1.29 is 23.9 Å². The third-order valence-electron chi connectivity index (χ3n) is 6.08. The van der Waals surface area contributed by atoms with E-state index in [4.69, 9.17) is 4.74 Å². The molecule has 0 bridgehead atoms. The van der Waals surface area contributed by atoms with Crippen LogP contribution >= 0.6 is 0 Å². The molecule has 1 rings (SSSR count). The van der Waals surface area contributed by atoms with Gasteiger partial charge in [-0.1, -0.05) is 60.8 Å². The highest BCUT2D eigenvalue weighted by Gasteiger charge is 2.35. The smallest absolute Gasteiger partial charge is 0.329 e. The highest BCUT2D eigenvalue weighted by molar-refractivity contribution is 5.94. The third kappa shape index (κ3) is 8.15. The molecular formula is C23H41N3O5. The highest BCUT2D eigenvalue weighted by atomic mass is 16.5. The third-order valence-corrected chi connectivity index (χ3v) is 6.08. The number of cyclic esters (lactones) is 1. The predicted molar refractivity (Wildman–Crippen MR) is 119 cm³/mol. The first kappa shape index (κ1) is 26.9. The van der Waals surface area contributed by atoms with Crippen LogP contribution < -0.4 is 16.0 Å². The fourth-order valence-corrected chi connectivity index (χ4v) is 3.56. The summed E-state index contributed by atoms with van der Waals surface area (Å²) >= 11 is 0. The largest absolute Gasteiger partial charge is 0.460 e. The molecule has 6 atom stereocenters. The van der Waals surface area contributed by atoms with Crippen molar-refractivity contribution in [3.05, 3.63) is 0 Å². The van der Waals surface area contributed by atoms with Gasteiger partial charge in [0, 0.05) is 0 Å². The fourth-order valence-electron chi connectivity index (χ4n) is 3.56. The Bertz CT molecular complexity index is 637. The maximum atomic E-state index is 13.0. The van der Waals surface area contributed by atoms with Crippen molar-refractivity contribution in [1.29, 1.82) is 0 Å². The molecule has 0 radical (unpaired) electrons. The first-order valence-electron chi connectivity index (χ1n) is 11.6. The molecule has 0 aromatic rings. The minimum atomic E-state index is -0.856. The number of amides is 3. The second-order valence-electron chi connectivity index (χ2n) is 9.19. The zero-order valence-electron chi connectivity index (χ0n) is 20.1. The Balaban J connectivity index is 3.28. The van der Waals surface area contributed by atoms with Gasteiger partial charge >= 0.3 is 5.97 Å². The summed E-state index contributed by atoms with van der Waals surface area (Å²) in [4.78, 5) is 51.3. The lowest BCUT2D eigenvalue weighted by molar-refractivity contribution is -0.158. The number of esters is 1. The van der Waals surface area contributed by atoms with E-state index in [1.165, 1.54) is 0 Å². The molecule has 3 amide bonds. The van der Waals surface area contributed by atoms with Gasteiger partial charge in [-0.05, 0) is 31.1 Å². The Kier molecular flexibility index (Phi) is 11.0. The van der Waals surface area contributed by atoms with E-state index >= 15 is 0 Å². The molecule has 1 heterocycles. The van der Waals surface area contributed by atoms with E-state index in [0.717, 1.165) is 19.3 Å². The van der Waals surface area contributed by atoms with E-state index in [1.54, 1.807) is 6.92 Å². The Morgan fingerprint density at radius 2 is 1.55 bits per heavy atom.